The number of carboxylic acids is 1. The van der Waals surface area contributed by atoms with Gasteiger partial charge in [-0.25, -0.2) is 0 Å². The number of hydrogen-bond donors (Lipinski definition) is 3. The first-order valence-electron chi connectivity index (χ1n) is 10.4. The van der Waals surface area contributed by atoms with Gasteiger partial charge in [-0.05, 0) is 37.2 Å². The summed E-state index contributed by atoms with van der Waals surface area (Å²) < 4.78 is 0. The van der Waals surface area contributed by atoms with Gasteiger partial charge < -0.3 is 15.5 Å². The second-order valence-electron chi connectivity index (χ2n) is 8.45. The summed E-state index contributed by atoms with van der Waals surface area (Å²) in [6, 6.07) is 9.39. The Morgan fingerprint density at radius 1 is 1.11 bits per heavy atom. The maximum Gasteiger partial charge on any atom is 0.313 e. The lowest BCUT2D eigenvalue weighted by atomic mass is 9.73. The van der Waals surface area contributed by atoms with Crippen LogP contribution in [0, 0.1) is 11.3 Å². The molecule has 1 aliphatic heterocycles. The summed E-state index contributed by atoms with van der Waals surface area (Å²) in [5.74, 6) is -0.491. The number of nitrogens with zero attached hydrogens (tertiary/aromatic N) is 1. The Balaban J connectivity index is 1.59. The van der Waals surface area contributed by atoms with Crippen molar-refractivity contribution in [1.82, 2.24) is 10.2 Å². The molecule has 1 aromatic carbocycles. The number of nitrogens with one attached hydrogen (secondary N) is 1. The van der Waals surface area contributed by atoms with E-state index in [2.05, 4.69) is 5.32 Å². The number of aliphatic hydroxyl groups is 1. The van der Waals surface area contributed by atoms with E-state index in [9.17, 15) is 19.8 Å². The van der Waals surface area contributed by atoms with Crippen LogP contribution >= 0.6 is 0 Å². The minimum atomic E-state index is -1.29. The highest BCUT2D eigenvalue weighted by atomic mass is 16.4. The standard InChI is InChI=1S/C22H32N2O4/c25-19-11-12-24(15-20(26)23-14-18-9-5-2-6-10-18)16-22(19,21(27)28)13-17-7-3-1-4-8-17/h1,3-4,7-8,18-19,25H,2,5-6,9-16H2,(H,23,26)(H,27,28)/t19-,22-/m0/s1. The molecule has 1 saturated carbocycles. The van der Waals surface area contributed by atoms with Crippen molar-refractivity contribution in [1.29, 1.82) is 0 Å². The van der Waals surface area contributed by atoms with E-state index in [0.29, 0.717) is 25.4 Å². The van der Waals surface area contributed by atoms with Gasteiger partial charge in [-0.2, -0.15) is 0 Å². The van der Waals surface area contributed by atoms with Gasteiger partial charge in [0.1, 0.15) is 5.41 Å². The molecule has 0 unspecified atom stereocenters. The third kappa shape index (κ3) is 5.11. The Labute approximate surface area is 166 Å². The molecule has 3 rings (SSSR count). The van der Waals surface area contributed by atoms with Crippen LogP contribution in [0.15, 0.2) is 30.3 Å². The number of carbonyl (C=O) groups is 2. The number of aliphatic hydroxyl groups excluding tert-OH is 1. The van der Waals surface area contributed by atoms with Crippen molar-refractivity contribution in [3.05, 3.63) is 35.9 Å². The summed E-state index contributed by atoms with van der Waals surface area (Å²) in [6.45, 7) is 1.60. The Morgan fingerprint density at radius 2 is 1.82 bits per heavy atom. The van der Waals surface area contributed by atoms with E-state index in [0.717, 1.165) is 5.56 Å². The number of aliphatic carboxylic acids is 1. The molecular weight excluding hydrogens is 356 g/mol. The van der Waals surface area contributed by atoms with Gasteiger partial charge in [0.05, 0.1) is 12.6 Å². The molecule has 6 heteroatoms. The van der Waals surface area contributed by atoms with Crippen LogP contribution in [0.2, 0.25) is 0 Å². The third-order valence-electron chi connectivity index (χ3n) is 6.33. The predicted octanol–water partition coefficient (Wildman–Crippen LogP) is 2.06. The van der Waals surface area contributed by atoms with Crippen LogP contribution in [0.4, 0.5) is 0 Å². The average Bonchev–Trinajstić information content (AvgIpc) is 2.70. The van der Waals surface area contributed by atoms with Crippen LogP contribution in [0.5, 0.6) is 0 Å². The molecule has 3 N–H and O–H groups in total. The fraction of sp³-hybridized carbons (Fsp3) is 0.636. The topological polar surface area (TPSA) is 89.9 Å². The van der Waals surface area contributed by atoms with E-state index in [-0.39, 0.29) is 25.4 Å². The van der Waals surface area contributed by atoms with Gasteiger partial charge in [0.2, 0.25) is 5.91 Å². The van der Waals surface area contributed by atoms with Crippen LogP contribution in [-0.2, 0) is 16.0 Å². The van der Waals surface area contributed by atoms with E-state index in [1.807, 2.05) is 35.2 Å². The largest absolute Gasteiger partial charge is 0.481 e. The summed E-state index contributed by atoms with van der Waals surface area (Å²) in [5.41, 5.74) is -0.406. The van der Waals surface area contributed by atoms with Gasteiger partial charge >= 0.3 is 5.97 Å². The number of amides is 1. The van der Waals surface area contributed by atoms with E-state index < -0.39 is 17.5 Å². The second-order valence-corrected chi connectivity index (χ2v) is 8.45. The van der Waals surface area contributed by atoms with Crippen molar-refractivity contribution in [3.8, 4) is 0 Å². The fourth-order valence-electron chi connectivity index (χ4n) is 4.63. The molecule has 0 bridgehead atoms. The van der Waals surface area contributed by atoms with Gasteiger partial charge in [0.15, 0.2) is 0 Å². The number of benzene rings is 1. The van der Waals surface area contributed by atoms with Crippen molar-refractivity contribution in [3.63, 3.8) is 0 Å². The summed E-state index contributed by atoms with van der Waals surface area (Å²) in [7, 11) is 0. The van der Waals surface area contributed by atoms with Gasteiger partial charge in [-0.15, -0.1) is 0 Å². The van der Waals surface area contributed by atoms with Crippen LogP contribution < -0.4 is 5.32 Å². The SMILES string of the molecule is O=C(CN1CC[C@H](O)[C@@](Cc2ccccc2)(C(=O)O)C1)NCC1CCCCC1. The van der Waals surface area contributed by atoms with Gasteiger partial charge in [-0.3, -0.25) is 14.5 Å². The molecule has 2 atom stereocenters. The number of likely N-dealkylation sites (tertiary alicyclic amines) is 1. The van der Waals surface area contributed by atoms with E-state index in [1.165, 1.54) is 32.1 Å². The van der Waals surface area contributed by atoms with Crippen molar-refractivity contribution < 1.29 is 19.8 Å². The highest BCUT2D eigenvalue weighted by molar-refractivity contribution is 5.79. The lowest BCUT2D eigenvalue weighted by molar-refractivity contribution is -0.164. The summed E-state index contributed by atoms with van der Waals surface area (Å²) in [5, 5.41) is 23.6. The van der Waals surface area contributed by atoms with Crippen molar-refractivity contribution in [2.75, 3.05) is 26.2 Å². The molecule has 1 aliphatic carbocycles. The fourth-order valence-corrected chi connectivity index (χ4v) is 4.63. The van der Waals surface area contributed by atoms with Crippen LogP contribution in [0.3, 0.4) is 0 Å². The molecule has 1 saturated heterocycles. The molecular formula is C22H32N2O4. The molecule has 1 heterocycles. The zero-order chi connectivity index (χ0) is 20.0. The summed E-state index contributed by atoms with van der Waals surface area (Å²) in [6.07, 6.45) is 5.81. The molecule has 0 radical (unpaired) electrons. The number of carbonyl (C=O) groups excluding carboxylic acids is 1. The number of rotatable bonds is 7. The quantitative estimate of drug-likeness (QED) is 0.665. The Bertz CT molecular complexity index is 660. The molecule has 28 heavy (non-hydrogen) atoms. The lowest BCUT2D eigenvalue weighted by Gasteiger charge is -2.43. The molecule has 6 nitrogen and oxygen atoms in total. The van der Waals surface area contributed by atoms with Crippen LogP contribution in [0.25, 0.3) is 0 Å². The number of hydrogen-bond acceptors (Lipinski definition) is 4. The first-order valence-corrected chi connectivity index (χ1v) is 10.4. The van der Waals surface area contributed by atoms with Gasteiger partial charge in [-0.1, -0.05) is 49.6 Å². The Hall–Kier alpha value is -1.92. The maximum atomic E-state index is 12.4. The monoisotopic (exact) mass is 388 g/mol. The summed E-state index contributed by atoms with van der Waals surface area (Å²) in [4.78, 5) is 26.5. The van der Waals surface area contributed by atoms with E-state index in [4.69, 9.17) is 0 Å². The smallest absolute Gasteiger partial charge is 0.313 e. The number of carboxylic acid groups (broad SMARTS) is 1. The lowest BCUT2D eigenvalue weighted by Crippen LogP contribution is -2.58. The van der Waals surface area contributed by atoms with Crippen molar-refractivity contribution in [2.24, 2.45) is 11.3 Å². The first kappa shape index (κ1) is 20.8. The average molecular weight is 389 g/mol. The first-order chi connectivity index (χ1) is 13.5. The minimum Gasteiger partial charge on any atom is -0.481 e. The molecule has 2 aliphatic rings. The third-order valence-corrected chi connectivity index (χ3v) is 6.33. The highest BCUT2D eigenvalue weighted by Crippen LogP contribution is 2.34. The molecule has 154 valence electrons. The zero-order valence-electron chi connectivity index (χ0n) is 16.5. The predicted molar refractivity (Wildman–Crippen MR) is 107 cm³/mol. The highest BCUT2D eigenvalue weighted by Gasteiger charge is 2.49. The normalized spacial score (nSPS) is 26.7. The van der Waals surface area contributed by atoms with Gasteiger partial charge in [0.25, 0.3) is 0 Å². The Kier molecular flexibility index (Phi) is 7.08. The van der Waals surface area contributed by atoms with Crippen molar-refractivity contribution in [2.45, 2.75) is 51.0 Å². The molecule has 0 aromatic heterocycles. The summed E-state index contributed by atoms with van der Waals surface area (Å²) >= 11 is 0. The molecule has 1 aromatic rings. The second kappa shape index (κ2) is 9.52. The Morgan fingerprint density at radius 3 is 2.50 bits per heavy atom. The maximum absolute atomic E-state index is 12.4. The molecule has 0 spiro atoms. The van der Waals surface area contributed by atoms with Crippen LogP contribution in [0.1, 0.15) is 44.1 Å². The molecule has 1 amide bonds. The zero-order valence-corrected chi connectivity index (χ0v) is 16.5. The van der Waals surface area contributed by atoms with Crippen molar-refractivity contribution >= 4 is 11.9 Å². The van der Waals surface area contributed by atoms with Crippen LogP contribution in [-0.4, -0.2) is 59.3 Å². The van der Waals surface area contributed by atoms with E-state index in [1.54, 1.807) is 0 Å². The number of piperidine rings is 1. The minimum absolute atomic E-state index is 0.0547. The van der Waals surface area contributed by atoms with Gasteiger partial charge in [0, 0.05) is 19.6 Å². The molecule has 2 fully saturated rings. The van der Waals surface area contributed by atoms with E-state index >= 15 is 0 Å².